The average molecular weight is 281 g/mol. The fourth-order valence-corrected chi connectivity index (χ4v) is 3.11. The fourth-order valence-electron chi connectivity index (χ4n) is 1.92. The van der Waals surface area contributed by atoms with Gasteiger partial charge >= 0.3 is 0 Å². The second-order valence-electron chi connectivity index (χ2n) is 4.94. The molecule has 0 fully saturated rings. The summed E-state index contributed by atoms with van der Waals surface area (Å²) in [5, 5.41) is 3.67. The molecule has 3 heteroatoms. The first kappa shape index (κ1) is 16.4. The maximum absolute atomic E-state index is 5.27. The number of methoxy groups -OCH3 is 1. The summed E-state index contributed by atoms with van der Waals surface area (Å²) in [6, 6.07) is 8.89. The molecule has 19 heavy (non-hydrogen) atoms. The van der Waals surface area contributed by atoms with Crippen LogP contribution in [0.4, 0.5) is 0 Å². The number of nitrogens with one attached hydrogen (secondary N) is 1. The first-order valence-electron chi connectivity index (χ1n) is 7.21. The third kappa shape index (κ3) is 5.87. The van der Waals surface area contributed by atoms with Crippen LogP contribution in [0.3, 0.4) is 0 Å². The molecule has 0 bridgehead atoms. The van der Waals surface area contributed by atoms with Gasteiger partial charge in [-0.3, -0.25) is 0 Å². The number of benzene rings is 1. The minimum Gasteiger partial charge on any atom is -0.497 e. The molecule has 0 heterocycles. The fraction of sp³-hybridized carbons (Fsp3) is 0.625. The van der Waals surface area contributed by atoms with Gasteiger partial charge in [-0.05, 0) is 37.1 Å². The summed E-state index contributed by atoms with van der Waals surface area (Å²) < 4.78 is 5.27. The van der Waals surface area contributed by atoms with Gasteiger partial charge in [0.2, 0.25) is 0 Å². The molecule has 0 aromatic heterocycles. The smallest absolute Gasteiger partial charge is 0.119 e. The van der Waals surface area contributed by atoms with Crippen LogP contribution in [0.1, 0.15) is 33.6 Å². The van der Waals surface area contributed by atoms with Gasteiger partial charge in [-0.2, -0.15) is 0 Å². The average Bonchev–Trinajstić information content (AvgIpc) is 2.46. The third-order valence-corrected chi connectivity index (χ3v) is 4.57. The van der Waals surface area contributed by atoms with Crippen molar-refractivity contribution < 1.29 is 4.74 Å². The Hall–Kier alpha value is -0.670. The van der Waals surface area contributed by atoms with Crippen molar-refractivity contribution in [3.63, 3.8) is 0 Å². The second-order valence-corrected chi connectivity index (χ2v) is 6.03. The first-order chi connectivity index (χ1) is 9.21. The minimum absolute atomic E-state index is 0.584. The number of rotatable bonds is 9. The number of thioether (sulfide) groups is 1. The van der Waals surface area contributed by atoms with Gasteiger partial charge in [0.1, 0.15) is 5.75 Å². The van der Waals surface area contributed by atoms with E-state index in [2.05, 4.69) is 44.3 Å². The molecule has 0 aliphatic heterocycles. The van der Waals surface area contributed by atoms with Crippen LogP contribution in [0.2, 0.25) is 0 Å². The van der Waals surface area contributed by atoms with Crippen molar-refractivity contribution >= 4 is 11.8 Å². The van der Waals surface area contributed by atoms with Crippen molar-refractivity contribution in [3.05, 3.63) is 24.3 Å². The molecule has 0 saturated carbocycles. The molecule has 0 spiro atoms. The molecule has 2 unspecified atom stereocenters. The van der Waals surface area contributed by atoms with Crippen LogP contribution in [-0.2, 0) is 0 Å². The van der Waals surface area contributed by atoms with Crippen molar-refractivity contribution in [1.29, 1.82) is 0 Å². The third-order valence-electron chi connectivity index (χ3n) is 3.46. The van der Waals surface area contributed by atoms with Crippen LogP contribution in [0.25, 0.3) is 0 Å². The van der Waals surface area contributed by atoms with Gasteiger partial charge in [-0.1, -0.05) is 33.3 Å². The van der Waals surface area contributed by atoms with E-state index in [4.69, 9.17) is 4.74 Å². The van der Waals surface area contributed by atoms with Gasteiger partial charge < -0.3 is 10.1 Å². The highest BCUT2D eigenvalue weighted by Crippen LogP contribution is 2.25. The molecule has 1 rings (SSSR count). The molecule has 1 aromatic rings. The van der Waals surface area contributed by atoms with Crippen LogP contribution in [0.5, 0.6) is 5.75 Å². The van der Waals surface area contributed by atoms with Crippen LogP contribution >= 0.6 is 11.8 Å². The van der Waals surface area contributed by atoms with Crippen LogP contribution in [0.15, 0.2) is 29.2 Å². The van der Waals surface area contributed by atoms with Crippen LogP contribution < -0.4 is 10.1 Å². The van der Waals surface area contributed by atoms with Gasteiger partial charge in [0.15, 0.2) is 0 Å². The summed E-state index contributed by atoms with van der Waals surface area (Å²) in [5.74, 6) is 2.76. The predicted molar refractivity (Wildman–Crippen MR) is 85.3 cm³/mol. The van der Waals surface area contributed by atoms with E-state index in [0.29, 0.717) is 12.0 Å². The van der Waals surface area contributed by atoms with Gasteiger partial charge in [0, 0.05) is 16.7 Å². The Morgan fingerprint density at radius 2 is 2.11 bits per heavy atom. The van der Waals surface area contributed by atoms with Crippen molar-refractivity contribution in [2.24, 2.45) is 5.92 Å². The van der Waals surface area contributed by atoms with E-state index in [1.54, 1.807) is 7.11 Å². The highest BCUT2D eigenvalue weighted by atomic mass is 32.2. The normalized spacial score (nSPS) is 14.1. The molecular weight excluding hydrogens is 254 g/mol. The van der Waals surface area contributed by atoms with Crippen LogP contribution in [0, 0.1) is 5.92 Å². The zero-order valence-corrected chi connectivity index (χ0v) is 13.4. The summed E-state index contributed by atoms with van der Waals surface area (Å²) in [4.78, 5) is 1.28. The molecule has 0 saturated heterocycles. The number of hydrogen-bond donors (Lipinski definition) is 1. The van der Waals surface area contributed by atoms with E-state index >= 15 is 0 Å². The monoisotopic (exact) mass is 281 g/mol. The largest absolute Gasteiger partial charge is 0.497 e. The quantitative estimate of drug-likeness (QED) is 0.685. The summed E-state index contributed by atoms with van der Waals surface area (Å²) in [6.07, 6.45) is 2.41. The van der Waals surface area contributed by atoms with Crippen molar-refractivity contribution in [2.45, 2.75) is 44.6 Å². The Bertz CT molecular complexity index is 356. The number of hydrogen-bond acceptors (Lipinski definition) is 3. The van der Waals surface area contributed by atoms with E-state index in [9.17, 15) is 0 Å². The predicted octanol–water partition coefficient (Wildman–Crippen LogP) is 4.20. The summed E-state index contributed by atoms with van der Waals surface area (Å²) in [7, 11) is 1.72. The Balaban J connectivity index is 2.54. The zero-order valence-electron chi connectivity index (χ0n) is 12.6. The highest BCUT2D eigenvalue weighted by Gasteiger charge is 2.15. The molecule has 1 aromatic carbocycles. The SMILES string of the molecule is CCCNC(CSc1cccc(OC)c1)C(C)CC. The first-order valence-corrected chi connectivity index (χ1v) is 8.20. The Morgan fingerprint density at radius 1 is 1.32 bits per heavy atom. The van der Waals surface area contributed by atoms with Crippen molar-refractivity contribution in [3.8, 4) is 5.75 Å². The standard InChI is InChI=1S/C16H27NOS/c1-5-10-17-16(13(3)6-2)12-19-15-9-7-8-14(11-15)18-4/h7-9,11,13,16-17H,5-6,10,12H2,1-4H3. The number of ether oxygens (including phenoxy) is 1. The van der Waals surface area contributed by atoms with Gasteiger partial charge in [-0.15, -0.1) is 11.8 Å². The summed E-state index contributed by atoms with van der Waals surface area (Å²) in [6.45, 7) is 7.92. The van der Waals surface area contributed by atoms with Crippen LogP contribution in [-0.4, -0.2) is 25.4 Å². The van der Waals surface area contributed by atoms with E-state index in [-0.39, 0.29) is 0 Å². The Morgan fingerprint density at radius 3 is 2.74 bits per heavy atom. The molecule has 0 aliphatic carbocycles. The summed E-state index contributed by atoms with van der Waals surface area (Å²) >= 11 is 1.91. The maximum atomic E-state index is 5.27. The second kappa shape index (κ2) is 9.27. The van der Waals surface area contributed by atoms with Gasteiger partial charge in [0.05, 0.1) is 7.11 Å². The van der Waals surface area contributed by atoms with Crippen molar-refractivity contribution in [1.82, 2.24) is 5.32 Å². The van der Waals surface area contributed by atoms with E-state index in [1.165, 1.54) is 17.7 Å². The summed E-state index contributed by atoms with van der Waals surface area (Å²) in [5.41, 5.74) is 0. The molecule has 0 radical (unpaired) electrons. The van der Waals surface area contributed by atoms with E-state index in [1.807, 2.05) is 17.8 Å². The Kier molecular flexibility index (Phi) is 7.99. The topological polar surface area (TPSA) is 21.3 Å². The lowest BCUT2D eigenvalue weighted by atomic mass is 10.0. The Labute approximate surface area is 122 Å². The molecule has 0 aliphatic rings. The van der Waals surface area contributed by atoms with E-state index in [0.717, 1.165) is 18.0 Å². The van der Waals surface area contributed by atoms with Gasteiger partial charge in [-0.25, -0.2) is 0 Å². The molecular formula is C16H27NOS. The lowest BCUT2D eigenvalue weighted by Gasteiger charge is -2.24. The highest BCUT2D eigenvalue weighted by molar-refractivity contribution is 7.99. The van der Waals surface area contributed by atoms with Gasteiger partial charge in [0.25, 0.3) is 0 Å². The van der Waals surface area contributed by atoms with E-state index < -0.39 is 0 Å². The lowest BCUT2D eigenvalue weighted by molar-refractivity contribution is 0.397. The minimum atomic E-state index is 0.584. The molecule has 1 N–H and O–H groups in total. The maximum Gasteiger partial charge on any atom is 0.119 e. The molecule has 2 atom stereocenters. The van der Waals surface area contributed by atoms with Crippen molar-refractivity contribution in [2.75, 3.05) is 19.4 Å². The molecule has 0 amide bonds. The molecule has 2 nitrogen and oxygen atoms in total. The lowest BCUT2D eigenvalue weighted by Crippen LogP contribution is -2.37. The zero-order chi connectivity index (χ0) is 14.1. The molecule has 108 valence electrons.